The third kappa shape index (κ3) is 3.30. The molecule has 0 saturated carbocycles. The van der Waals surface area contributed by atoms with Gasteiger partial charge < -0.3 is 10.5 Å². The normalized spacial score (nSPS) is 21.9. The molecule has 0 amide bonds. The summed E-state index contributed by atoms with van der Waals surface area (Å²) in [5, 5.41) is 0. The maximum Gasteiger partial charge on any atom is 0.123 e. The van der Waals surface area contributed by atoms with Crippen molar-refractivity contribution >= 4 is 11.8 Å². The molecule has 0 spiro atoms. The summed E-state index contributed by atoms with van der Waals surface area (Å²) in [5.74, 6) is 3.41. The fourth-order valence-corrected chi connectivity index (χ4v) is 4.24. The lowest BCUT2D eigenvalue weighted by Gasteiger charge is -2.37. The van der Waals surface area contributed by atoms with Gasteiger partial charge in [-0.1, -0.05) is 25.1 Å². The van der Waals surface area contributed by atoms with Gasteiger partial charge in [0, 0.05) is 23.4 Å². The average molecular weight is 294 g/mol. The van der Waals surface area contributed by atoms with Gasteiger partial charge in [-0.25, -0.2) is 0 Å². The number of nitrogens with zero attached hydrogens (tertiary/aromatic N) is 1. The molecule has 2 rings (SSSR count). The Morgan fingerprint density at radius 2 is 2.20 bits per heavy atom. The second-order valence-electron chi connectivity index (χ2n) is 5.44. The number of nitrogens with two attached hydrogens (primary N) is 1. The second kappa shape index (κ2) is 7.34. The van der Waals surface area contributed by atoms with Crippen LogP contribution in [0.25, 0.3) is 0 Å². The van der Waals surface area contributed by atoms with Gasteiger partial charge >= 0.3 is 0 Å². The molecule has 0 bridgehead atoms. The molecule has 20 heavy (non-hydrogen) atoms. The van der Waals surface area contributed by atoms with E-state index in [1.807, 2.05) is 23.9 Å². The number of hydrogen-bond acceptors (Lipinski definition) is 4. The fraction of sp³-hybridized carbons (Fsp3) is 0.625. The molecule has 2 N–H and O–H groups in total. The van der Waals surface area contributed by atoms with Gasteiger partial charge in [-0.05, 0) is 31.7 Å². The number of likely N-dealkylation sites (N-methyl/N-ethyl adjacent to an activating group) is 1. The molecule has 1 heterocycles. The molecule has 0 aliphatic carbocycles. The highest BCUT2D eigenvalue weighted by Gasteiger charge is 2.31. The number of thioether (sulfide) groups is 1. The molecule has 112 valence electrons. The van der Waals surface area contributed by atoms with E-state index in [0.717, 1.165) is 12.2 Å². The van der Waals surface area contributed by atoms with Crippen molar-refractivity contribution in [2.45, 2.75) is 37.9 Å². The van der Waals surface area contributed by atoms with Crippen LogP contribution in [0.15, 0.2) is 24.3 Å². The Hall–Kier alpha value is -0.710. The van der Waals surface area contributed by atoms with Gasteiger partial charge in [0.1, 0.15) is 5.75 Å². The molecule has 1 saturated heterocycles. The Morgan fingerprint density at radius 1 is 1.45 bits per heavy atom. The number of methoxy groups -OCH3 is 1. The molecule has 3 nitrogen and oxygen atoms in total. The Morgan fingerprint density at radius 3 is 2.80 bits per heavy atom. The number of rotatable bonds is 6. The minimum Gasteiger partial charge on any atom is -0.496 e. The summed E-state index contributed by atoms with van der Waals surface area (Å²) in [5.41, 5.74) is 7.65. The third-order valence-electron chi connectivity index (χ3n) is 4.25. The van der Waals surface area contributed by atoms with Gasteiger partial charge in [-0.15, -0.1) is 0 Å². The number of para-hydroxylation sites is 1. The lowest BCUT2D eigenvalue weighted by Crippen LogP contribution is -2.44. The lowest BCUT2D eigenvalue weighted by molar-refractivity contribution is 0.158. The van der Waals surface area contributed by atoms with Crippen molar-refractivity contribution in [1.29, 1.82) is 0 Å². The highest BCUT2D eigenvalue weighted by Crippen LogP contribution is 2.35. The number of ether oxygens (including phenoxy) is 1. The molecule has 3 unspecified atom stereocenters. The van der Waals surface area contributed by atoms with Crippen molar-refractivity contribution < 1.29 is 4.74 Å². The van der Waals surface area contributed by atoms with Crippen LogP contribution in [0.4, 0.5) is 0 Å². The molecule has 0 radical (unpaired) electrons. The maximum atomic E-state index is 6.44. The zero-order valence-corrected chi connectivity index (χ0v) is 13.5. The number of hydrogen-bond donors (Lipinski definition) is 1. The molecular formula is C16H26N2OS. The molecular weight excluding hydrogens is 268 g/mol. The zero-order valence-electron chi connectivity index (χ0n) is 12.7. The van der Waals surface area contributed by atoms with Crippen LogP contribution in [0.3, 0.4) is 0 Å². The van der Waals surface area contributed by atoms with E-state index in [1.165, 1.54) is 23.5 Å². The molecule has 1 aliphatic heterocycles. The van der Waals surface area contributed by atoms with Gasteiger partial charge in [0.25, 0.3) is 0 Å². The summed E-state index contributed by atoms with van der Waals surface area (Å²) in [6, 6.07) is 9.24. The molecule has 0 aromatic heterocycles. The van der Waals surface area contributed by atoms with Crippen LogP contribution in [0.1, 0.15) is 31.4 Å². The Labute approximate surface area is 126 Å². The first-order valence-corrected chi connectivity index (χ1v) is 8.52. The first-order valence-electron chi connectivity index (χ1n) is 7.37. The summed E-state index contributed by atoms with van der Waals surface area (Å²) in [6.07, 6.45) is 2.22. The molecule has 3 atom stereocenters. The Kier molecular flexibility index (Phi) is 5.75. The Balaban J connectivity index is 2.31. The molecule has 4 heteroatoms. The van der Waals surface area contributed by atoms with Crippen molar-refractivity contribution in [3.63, 3.8) is 0 Å². The van der Waals surface area contributed by atoms with E-state index in [0.29, 0.717) is 6.04 Å². The number of benzene rings is 1. The molecule has 1 aromatic rings. The predicted molar refractivity (Wildman–Crippen MR) is 87.5 cm³/mol. The van der Waals surface area contributed by atoms with Crippen molar-refractivity contribution in [2.75, 3.05) is 25.7 Å². The van der Waals surface area contributed by atoms with E-state index in [9.17, 15) is 0 Å². The van der Waals surface area contributed by atoms with E-state index in [4.69, 9.17) is 10.5 Å². The average Bonchev–Trinajstić information content (AvgIpc) is 3.02. The van der Waals surface area contributed by atoms with Crippen LogP contribution in [-0.2, 0) is 0 Å². The highest BCUT2D eigenvalue weighted by atomic mass is 32.2. The van der Waals surface area contributed by atoms with Crippen LogP contribution in [0.5, 0.6) is 5.75 Å². The van der Waals surface area contributed by atoms with Crippen molar-refractivity contribution in [3.8, 4) is 5.75 Å². The molecule has 1 aromatic carbocycles. The van der Waals surface area contributed by atoms with Crippen LogP contribution in [0, 0.1) is 0 Å². The minimum atomic E-state index is 0.127. The summed E-state index contributed by atoms with van der Waals surface area (Å²) < 4.78 is 5.55. The molecule has 1 aliphatic rings. The predicted octanol–water partition coefficient (Wildman–Crippen LogP) is 2.91. The second-order valence-corrected chi connectivity index (χ2v) is 6.59. The van der Waals surface area contributed by atoms with Crippen molar-refractivity contribution in [2.24, 2.45) is 5.73 Å². The largest absolute Gasteiger partial charge is 0.496 e. The first-order chi connectivity index (χ1) is 9.69. The Bertz CT molecular complexity index is 421. The van der Waals surface area contributed by atoms with Crippen molar-refractivity contribution in [1.82, 2.24) is 4.90 Å². The monoisotopic (exact) mass is 294 g/mol. The van der Waals surface area contributed by atoms with E-state index in [-0.39, 0.29) is 12.1 Å². The smallest absolute Gasteiger partial charge is 0.123 e. The van der Waals surface area contributed by atoms with E-state index < -0.39 is 0 Å². The fourth-order valence-electron chi connectivity index (χ4n) is 2.96. The minimum absolute atomic E-state index is 0.127. The summed E-state index contributed by atoms with van der Waals surface area (Å²) >= 11 is 2.04. The topological polar surface area (TPSA) is 38.5 Å². The van der Waals surface area contributed by atoms with Crippen LogP contribution < -0.4 is 10.5 Å². The van der Waals surface area contributed by atoms with Crippen LogP contribution in [0.2, 0.25) is 0 Å². The highest BCUT2D eigenvalue weighted by molar-refractivity contribution is 7.99. The first kappa shape index (κ1) is 15.7. The van der Waals surface area contributed by atoms with Gasteiger partial charge in [-0.3, -0.25) is 4.90 Å². The van der Waals surface area contributed by atoms with Gasteiger partial charge in [0.05, 0.1) is 13.2 Å². The summed E-state index contributed by atoms with van der Waals surface area (Å²) in [7, 11) is 3.95. The van der Waals surface area contributed by atoms with Gasteiger partial charge in [-0.2, -0.15) is 11.8 Å². The van der Waals surface area contributed by atoms with E-state index in [1.54, 1.807) is 7.11 Å². The van der Waals surface area contributed by atoms with Crippen molar-refractivity contribution in [3.05, 3.63) is 29.8 Å². The SMILES string of the molecule is CCC(N)C(c1ccccc1OC)N(C)C1CCSC1. The van der Waals surface area contributed by atoms with E-state index in [2.05, 4.69) is 31.0 Å². The van der Waals surface area contributed by atoms with E-state index >= 15 is 0 Å². The zero-order chi connectivity index (χ0) is 14.5. The van der Waals surface area contributed by atoms with Crippen LogP contribution >= 0.6 is 11.8 Å². The van der Waals surface area contributed by atoms with Crippen LogP contribution in [-0.4, -0.2) is 42.6 Å². The van der Waals surface area contributed by atoms with Gasteiger partial charge in [0.2, 0.25) is 0 Å². The van der Waals surface area contributed by atoms with Gasteiger partial charge in [0.15, 0.2) is 0 Å². The summed E-state index contributed by atoms with van der Waals surface area (Å²) in [6.45, 7) is 2.16. The standard InChI is InChI=1S/C16H26N2OS/c1-4-14(17)16(18(2)12-9-10-20-11-12)13-7-5-6-8-15(13)19-3/h5-8,12,14,16H,4,9-11,17H2,1-3H3. The molecule has 1 fully saturated rings. The third-order valence-corrected chi connectivity index (χ3v) is 5.40. The maximum absolute atomic E-state index is 6.44. The summed E-state index contributed by atoms with van der Waals surface area (Å²) in [4.78, 5) is 2.46. The lowest BCUT2D eigenvalue weighted by atomic mass is 9.94. The quantitative estimate of drug-likeness (QED) is 0.875.